The molecule has 1 N–H and O–H groups in total. The zero-order valence-electron chi connectivity index (χ0n) is 10.5. The molecule has 0 radical (unpaired) electrons. The molecule has 0 saturated heterocycles. The lowest BCUT2D eigenvalue weighted by molar-refractivity contribution is 0.768. The predicted molar refractivity (Wildman–Crippen MR) is 71.0 cm³/mol. The van der Waals surface area contributed by atoms with Crippen molar-refractivity contribution in [3.8, 4) is 11.3 Å². The SMILES string of the molecule is CCn1cncc1-c1ccc(CCNC)cc1. The maximum atomic E-state index is 4.19. The molecule has 0 bridgehead atoms. The van der Waals surface area contributed by atoms with E-state index in [1.54, 1.807) is 0 Å². The van der Waals surface area contributed by atoms with Crippen LogP contribution in [0.4, 0.5) is 0 Å². The maximum absolute atomic E-state index is 4.19. The summed E-state index contributed by atoms with van der Waals surface area (Å²) >= 11 is 0. The van der Waals surface area contributed by atoms with Crippen LogP contribution in [0, 0.1) is 0 Å². The normalized spacial score (nSPS) is 10.7. The molecular formula is C14H19N3. The number of imidazole rings is 1. The highest BCUT2D eigenvalue weighted by molar-refractivity contribution is 5.59. The number of hydrogen-bond donors (Lipinski definition) is 1. The molecule has 0 saturated carbocycles. The Morgan fingerprint density at radius 2 is 2.00 bits per heavy atom. The van der Waals surface area contributed by atoms with Gasteiger partial charge in [-0.3, -0.25) is 0 Å². The first-order valence-corrected chi connectivity index (χ1v) is 6.09. The number of rotatable bonds is 5. The van der Waals surface area contributed by atoms with Crippen LogP contribution in [0.2, 0.25) is 0 Å². The molecule has 0 aliphatic heterocycles. The van der Waals surface area contributed by atoms with E-state index in [4.69, 9.17) is 0 Å². The summed E-state index contributed by atoms with van der Waals surface area (Å²) in [5.41, 5.74) is 3.79. The number of hydrogen-bond acceptors (Lipinski definition) is 2. The first-order chi connectivity index (χ1) is 8.35. The highest BCUT2D eigenvalue weighted by Gasteiger charge is 2.03. The summed E-state index contributed by atoms with van der Waals surface area (Å²) in [5.74, 6) is 0. The topological polar surface area (TPSA) is 29.9 Å². The van der Waals surface area contributed by atoms with E-state index in [1.807, 2.05) is 19.6 Å². The monoisotopic (exact) mass is 229 g/mol. The average molecular weight is 229 g/mol. The van der Waals surface area contributed by atoms with Crippen LogP contribution in [-0.4, -0.2) is 23.1 Å². The summed E-state index contributed by atoms with van der Waals surface area (Å²) in [6.45, 7) is 4.11. The van der Waals surface area contributed by atoms with E-state index in [2.05, 4.69) is 46.1 Å². The van der Waals surface area contributed by atoms with Gasteiger partial charge < -0.3 is 9.88 Å². The van der Waals surface area contributed by atoms with Crippen LogP contribution in [0.3, 0.4) is 0 Å². The standard InChI is InChI=1S/C14H19N3/c1-3-17-11-16-10-14(17)13-6-4-12(5-7-13)8-9-15-2/h4-7,10-11,15H,3,8-9H2,1-2H3. The molecule has 0 unspecified atom stereocenters. The lowest BCUT2D eigenvalue weighted by Crippen LogP contribution is -2.10. The number of benzene rings is 1. The minimum absolute atomic E-state index is 0.955. The Hall–Kier alpha value is -1.61. The van der Waals surface area contributed by atoms with Crippen molar-refractivity contribution in [3.05, 3.63) is 42.4 Å². The molecule has 2 rings (SSSR count). The summed E-state index contributed by atoms with van der Waals surface area (Å²) in [7, 11) is 1.98. The average Bonchev–Trinajstić information content (AvgIpc) is 2.85. The first-order valence-electron chi connectivity index (χ1n) is 6.09. The molecule has 0 amide bonds. The number of likely N-dealkylation sites (N-methyl/N-ethyl adjacent to an activating group) is 1. The van der Waals surface area contributed by atoms with Crippen LogP contribution < -0.4 is 5.32 Å². The van der Waals surface area contributed by atoms with Gasteiger partial charge in [0.1, 0.15) is 0 Å². The zero-order chi connectivity index (χ0) is 12.1. The van der Waals surface area contributed by atoms with E-state index in [9.17, 15) is 0 Å². The second-order valence-corrected chi connectivity index (χ2v) is 4.12. The highest BCUT2D eigenvalue weighted by atomic mass is 15.0. The molecule has 90 valence electrons. The van der Waals surface area contributed by atoms with Gasteiger partial charge in [0, 0.05) is 6.54 Å². The summed E-state index contributed by atoms with van der Waals surface area (Å²) in [4.78, 5) is 4.19. The van der Waals surface area contributed by atoms with Crippen molar-refractivity contribution in [1.29, 1.82) is 0 Å². The Labute approximate surface area is 103 Å². The Morgan fingerprint density at radius 1 is 1.24 bits per heavy atom. The molecule has 2 aromatic rings. The van der Waals surface area contributed by atoms with Crippen LogP contribution in [0.5, 0.6) is 0 Å². The van der Waals surface area contributed by atoms with Gasteiger partial charge in [0.15, 0.2) is 0 Å². The van der Waals surface area contributed by atoms with Crippen molar-refractivity contribution in [2.45, 2.75) is 19.9 Å². The molecule has 17 heavy (non-hydrogen) atoms. The van der Waals surface area contributed by atoms with Crippen LogP contribution in [-0.2, 0) is 13.0 Å². The van der Waals surface area contributed by atoms with E-state index >= 15 is 0 Å². The van der Waals surface area contributed by atoms with E-state index in [0.717, 1.165) is 19.5 Å². The van der Waals surface area contributed by atoms with Gasteiger partial charge in [-0.2, -0.15) is 0 Å². The van der Waals surface area contributed by atoms with E-state index < -0.39 is 0 Å². The summed E-state index contributed by atoms with van der Waals surface area (Å²) in [5, 5.41) is 3.16. The van der Waals surface area contributed by atoms with Gasteiger partial charge in [0.05, 0.1) is 18.2 Å². The number of nitrogens with one attached hydrogen (secondary N) is 1. The van der Waals surface area contributed by atoms with Crippen LogP contribution in [0.15, 0.2) is 36.8 Å². The number of aromatic nitrogens is 2. The predicted octanol–water partition coefficient (Wildman–Crippen LogP) is 2.33. The third-order valence-electron chi connectivity index (χ3n) is 2.97. The van der Waals surface area contributed by atoms with Gasteiger partial charge in [-0.05, 0) is 38.1 Å². The lowest BCUT2D eigenvalue weighted by atomic mass is 10.1. The fourth-order valence-electron chi connectivity index (χ4n) is 1.92. The molecular weight excluding hydrogens is 210 g/mol. The molecule has 1 heterocycles. The van der Waals surface area contributed by atoms with Crippen LogP contribution >= 0.6 is 0 Å². The zero-order valence-corrected chi connectivity index (χ0v) is 10.5. The molecule has 0 aliphatic rings. The van der Waals surface area contributed by atoms with E-state index in [0.29, 0.717) is 0 Å². The third kappa shape index (κ3) is 2.74. The van der Waals surface area contributed by atoms with E-state index in [1.165, 1.54) is 16.8 Å². The quantitative estimate of drug-likeness (QED) is 0.852. The van der Waals surface area contributed by atoms with Gasteiger partial charge in [0.25, 0.3) is 0 Å². The van der Waals surface area contributed by atoms with Crippen molar-refractivity contribution < 1.29 is 0 Å². The largest absolute Gasteiger partial charge is 0.331 e. The molecule has 1 aromatic heterocycles. The summed E-state index contributed by atoms with van der Waals surface area (Å²) in [6, 6.07) is 8.74. The number of aryl methyl sites for hydroxylation is 1. The molecule has 3 nitrogen and oxygen atoms in total. The second kappa shape index (κ2) is 5.64. The van der Waals surface area contributed by atoms with Crippen LogP contribution in [0.25, 0.3) is 11.3 Å². The molecule has 1 aromatic carbocycles. The second-order valence-electron chi connectivity index (χ2n) is 4.12. The molecule has 3 heteroatoms. The van der Waals surface area contributed by atoms with Gasteiger partial charge >= 0.3 is 0 Å². The Balaban J connectivity index is 2.17. The maximum Gasteiger partial charge on any atom is 0.0950 e. The van der Waals surface area contributed by atoms with Gasteiger partial charge in [-0.1, -0.05) is 24.3 Å². The first kappa shape index (κ1) is 11.9. The summed E-state index contributed by atoms with van der Waals surface area (Å²) < 4.78 is 2.16. The van der Waals surface area contributed by atoms with Crippen molar-refractivity contribution in [2.75, 3.05) is 13.6 Å². The number of nitrogens with zero attached hydrogens (tertiary/aromatic N) is 2. The molecule has 0 atom stereocenters. The minimum Gasteiger partial charge on any atom is -0.331 e. The Morgan fingerprint density at radius 3 is 2.65 bits per heavy atom. The van der Waals surface area contributed by atoms with Crippen molar-refractivity contribution in [1.82, 2.24) is 14.9 Å². The smallest absolute Gasteiger partial charge is 0.0950 e. The molecule has 0 aliphatic carbocycles. The fraction of sp³-hybridized carbons (Fsp3) is 0.357. The Bertz CT molecular complexity index is 457. The highest BCUT2D eigenvalue weighted by Crippen LogP contribution is 2.19. The van der Waals surface area contributed by atoms with Gasteiger partial charge in [-0.15, -0.1) is 0 Å². The van der Waals surface area contributed by atoms with Crippen molar-refractivity contribution >= 4 is 0 Å². The van der Waals surface area contributed by atoms with Gasteiger partial charge in [0.2, 0.25) is 0 Å². The summed E-state index contributed by atoms with van der Waals surface area (Å²) in [6.07, 6.45) is 4.88. The molecule has 0 spiro atoms. The Kier molecular flexibility index (Phi) is 3.94. The molecule has 0 fully saturated rings. The van der Waals surface area contributed by atoms with E-state index in [-0.39, 0.29) is 0 Å². The fourth-order valence-corrected chi connectivity index (χ4v) is 1.92. The lowest BCUT2D eigenvalue weighted by Gasteiger charge is -2.06. The van der Waals surface area contributed by atoms with Crippen molar-refractivity contribution in [2.24, 2.45) is 0 Å². The third-order valence-corrected chi connectivity index (χ3v) is 2.97. The minimum atomic E-state index is 0.955. The van der Waals surface area contributed by atoms with Gasteiger partial charge in [-0.25, -0.2) is 4.98 Å². The van der Waals surface area contributed by atoms with Crippen molar-refractivity contribution in [3.63, 3.8) is 0 Å². The van der Waals surface area contributed by atoms with Crippen LogP contribution in [0.1, 0.15) is 12.5 Å².